The van der Waals surface area contributed by atoms with Gasteiger partial charge in [0.2, 0.25) is 10.0 Å². The molecule has 0 radical (unpaired) electrons. The van der Waals surface area contributed by atoms with E-state index in [1.165, 1.54) is 12.1 Å². The number of carboxylic acids is 1. The highest BCUT2D eigenvalue weighted by Crippen LogP contribution is 2.41. The van der Waals surface area contributed by atoms with Gasteiger partial charge in [0, 0.05) is 23.2 Å². The average molecular weight is 489 g/mol. The first-order valence-electron chi connectivity index (χ1n) is 11.0. The van der Waals surface area contributed by atoms with E-state index in [4.69, 9.17) is 21.6 Å². The van der Waals surface area contributed by atoms with Gasteiger partial charge in [0.05, 0.1) is 11.4 Å². The summed E-state index contributed by atoms with van der Waals surface area (Å²) in [4.78, 5) is 21.1. The van der Waals surface area contributed by atoms with Crippen LogP contribution in [0.3, 0.4) is 0 Å². The Morgan fingerprint density at radius 3 is 2.61 bits per heavy atom. The van der Waals surface area contributed by atoms with Crippen molar-refractivity contribution in [2.75, 3.05) is 6.54 Å². The van der Waals surface area contributed by atoms with E-state index in [1.54, 1.807) is 6.07 Å². The molecule has 1 saturated carbocycles. The first kappa shape index (κ1) is 22.3. The van der Waals surface area contributed by atoms with Crippen LogP contribution in [0.5, 0.6) is 0 Å². The minimum atomic E-state index is -3.96. The quantitative estimate of drug-likeness (QED) is 0.564. The maximum absolute atomic E-state index is 13.1. The summed E-state index contributed by atoms with van der Waals surface area (Å²) >= 11 is 6.57. The Labute approximate surface area is 197 Å². The highest BCUT2D eigenvalue weighted by atomic mass is 35.5. The molecule has 0 bridgehead atoms. The lowest BCUT2D eigenvalue weighted by atomic mass is 10.2. The van der Waals surface area contributed by atoms with Gasteiger partial charge in [-0.2, -0.15) is 4.31 Å². The molecule has 1 unspecified atom stereocenters. The molecule has 1 atom stereocenters. The summed E-state index contributed by atoms with van der Waals surface area (Å²) < 4.78 is 29.4. The van der Waals surface area contributed by atoms with Crippen LogP contribution >= 0.6 is 11.6 Å². The highest BCUT2D eigenvalue weighted by Gasteiger charge is 2.39. The van der Waals surface area contributed by atoms with Gasteiger partial charge >= 0.3 is 5.97 Å². The molecule has 0 amide bonds. The first-order chi connectivity index (χ1) is 15.7. The predicted molar refractivity (Wildman–Crippen MR) is 124 cm³/mol. The van der Waals surface area contributed by atoms with Gasteiger partial charge in [0.1, 0.15) is 17.4 Å². The summed E-state index contributed by atoms with van der Waals surface area (Å²) in [5.74, 6) is 0.261. The number of aryl methyl sites for hydroxylation is 2. The fourth-order valence-electron chi connectivity index (χ4n) is 4.63. The van der Waals surface area contributed by atoms with Gasteiger partial charge < -0.3 is 9.67 Å². The molecular weight excluding hydrogens is 464 g/mol. The lowest BCUT2D eigenvalue weighted by molar-refractivity contribution is -0.140. The van der Waals surface area contributed by atoms with E-state index in [0.29, 0.717) is 30.3 Å². The number of imidazole rings is 1. The van der Waals surface area contributed by atoms with Crippen LogP contribution in [0.4, 0.5) is 0 Å². The van der Waals surface area contributed by atoms with Gasteiger partial charge in [-0.3, -0.25) is 4.79 Å². The van der Waals surface area contributed by atoms with Crippen molar-refractivity contribution in [2.24, 2.45) is 0 Å². The van der Waals surface area contributed by atoms with Crippen molar-refractivity contribution >= 4 is 38.8 Å². The molecule has 0 spiro atoms. The summed E-state index contributed by atoms with van der Waals surface area (Å²) in [6, 6.07) is 5.61. The number of rotatable bonds is 6. The molecule has 3 aromatic rings. The zero-order chi connectivity index (χ0) is 23.5. The van der Waals surface area contributed by atoms with Gasteiger partial charge in [0.15, 0.2) is 5.65 Å². The highest BCUT2D eigenvalue weighted by molar-refractivity contribution is 7.89. The first-order valence-corrected chi connectivity index (χ1v) is 12.9. The standard InChI is InChI=1S/C23H25ClN4O4S/c1-13-10-14(2)25-22-20(13)26-21(15-5-6-15)27(22)12-16-7-8-17(11-18(16)24)33(31,32)28-9-3-4-19(28)23(29)30/h7-8,10-11,15,19H,3-6,9,12H2,1-2H3,(H,29,30). The predicted octanol–water partition coefficient (Wildman–Crippen LogP) is 3.86. The molecule has 2 aromatic heterocycles. The number of sulfonamides is 1. The fraction of sp³-hybridized carbons (Fsp3) is 0.435. The summed E-state index contributed by atoms with van der Waals surface area (Å²) in [5, 5.41) is 9.71. The molecule has 1 aliphatic heterocycles. The van der Waals surface area contributed by atoms with Crippen molar-refractivity contribution < 1.29 is 18.3 Å². The molecule has 1 aliphatic carbocycles. The minimum Gasteiger partial charge on any atom is -0.480 e. The van der Waals surface area contributed by atoms with Crippen LogP contribution < -0.4 is 0 Å². The van der Waals surface area contributed by atoms with Crippen LogP contribution in [-0.2, 0) is 21.4 Å². The van der Waals surface area contributed by atoms with Crippen LogP contribution in [0.15, 0.2) is 29.2 Å². The normalized spacial score (nSPS) is 19.4. The van der Waals surface area contributed by atoms with Crippen LogP contribution in [0, 0.1) is 13.8 Å². The van der Waals surface area contributed by atoms with Crippen molar-refractivity contribution in [1.82, 2.24) is 18.8 Å². The van der Waals surface area contributed by atoms with E-state index in [1.807, 2.05) is 19.9 Å². The number of fused-ring (bicyclic) bond motifs is 1. The van der Waals surface area contributed by atoms with Crippen LogP contribution in [0.2, 0.25) is 5.02 Å². The van der Waals surface area contributed by atoms with Crippen molar-refractivity contribution in [3.05, 3.63) is 51.9 Å². The third-order valence-corrected chi connectivity index (χ3v) is 8.70. The van der Waals surface area contributed by atoms with E-state index >= 15 is 0 Å². The van der Waals surface area contributed by atoms with Gasteiger partial charge in [0.25, 0.3) is 0 Å². The van der Waals surface area contributed by atoms with E-state index in [0.717, 1.165) is 51.0 Å². The van der Waals surface area contributed by atoms with E-state index in [9.17, 15) is 18.3 Å². The zero-order valence-corrected chi connectivity index (χ0v) is 20.0. The molecule has 174 valence electrons. The largest absolute Gasteiger partial charge is 0.480 e. The number of aliphatic carboxylic acids is 1. The molecule has 2 fully saturated rings. The number of pyridine rings is 1. The zero-order valence-electron chi connectivity index (χ0n) is 18.5. The molecule has 8 nitrogen and oxygen atoms in total. The Kier molecular flexibility index (Phi) is 5.46. The Hall–Kier alpha value is -2.49. The van der Waals surface area contributed by atoms with Crippen LogP contribution in [0.1, 0.15) is 54.2 Å². The second kappa shape index (κ2) is 8.07. The van der Waals surface area contributed by atoms with Crippen LogP contribution in [-0.4, -0.2) is 50.9 Å². The maximum Gasteiger partial charge on any atom is 0.322 e. The topological polar surface area (TPSA) is 105 Å². The third-order valence-electron chi connectivity index (χ3n) is 6.44. The van der Waals surface area contributed by atoms with Crippen molar-refractivity contribution in [1.29, 1.82) is 0 Å². The number of carboxylic acid groups (broad SMARTS) is 1. The summed E-state index contributed by atoms with van der Waals surface area (Å²) in [5.41, 5.74) is 4.43. The van der Waals surface area contributed by atoms with E-state index < -0.39 is 22.0 Å². The molecule has 2 aliphatic rings. The Balaban J connectivity index is 1.51. The Bertz CT molecular complexity index is 1380. The van der Waals surface area contributed by atoms with Gasteiger partial charge in [-0.25, -0.2) is 18.4 Å². The number of carbonyl (C=O) groups is 1. The fourth-order valence-corrected chi connectivity index (χ4v) is 6.61. The van der Waals surface area contributed by atoms with Crippen LogP contribution in [0.25, 0.3) is 11.2 Å². The summed E-state index contributed by atoms with van der Waals surface area (Å²) in [7, 11) is -3.96. The number of hydrogen-bond acceptors (Lipinski definition) is 5. The summed E-state index contributed by atoms with van der Waals surface area (Å²) in [6.07, 6.45) is 3.01. The van der Waals surface area contributed by atoms with E-state index in [-0.39, 0.29) is 11.4 Å². The van der Waals surface area contributed by atoms with Gasteiger partial charge in [-0.15, -0.1) is 0 Å². The third kappa shape index (κ3) is 3.92. The molecular formula is C23H25ClN4O4S. The molecule has 10 heteroatoms. The number of nitrogens with zero attached hydrogens (tertiary/aromatic N) is 4. The second-order valence-corrected chi connectivity index (χ2v) is 11.2. The molecule has 1 N–H and O–H groups in total. The Morgan fingerprint density at radius 1 is 1.18 bits per heavy atom. The van der Waals surface area contributed by atoms with E-state index in [2.05, 4.69) is 4.57 Å². The van der Waals surface area contributed by atoms with Gasteiger partial charge in [-0.05, 0) is 68.9 Å². The molecule has 1 saturated heterocycles. The van der Waals surface area contributed by atoms with Gasteiger partial charge in [-0.1, -0.05) is 17.7 Å². The number of hydrogen-bond donors (Lipinski definition) is 1. The molecule has 5 rings (SSSR count). The number of aromatic nitrogens is 3. The maximum atomic E-state index is 13.1. The van der Waals surface area contributed by atoms with Crippen molar-refractivity contribution in [3.63, 3.8) is 0 Å². The average Bonchev–Trinajstić information content (AvgIpc) is 3.34. The number of halogens is 1. The lowest BCUT2D eigenvalue weighted by Crippen LogP contribution is -2.40. The monoisotopic (exact) mass is 488 g/mol. The summed E-state index contributed by atoms with van der Waals surface area (Å²) in [6.45, 7) is 4.60. The van der Waals surface area contributed by atoms with Crippen molar-refractivity contribution in [3.8, 4) is 0 Å². The van der Waals surface area contributed by atoms with Crippen molar-refractivity contribution in [2.45, 2.75) is 62.9 Å². The lowest BCUT2D eigenvalue weighted by Gasteiger charge is -2.21. The number of benzene rings is 1. The molecule has 1 aromatic carbocycles. The smallest absolute Gasteiger partial charge is 0.322 e. The Morgan fingerprint density at radius 2 is 1.94 bits per heavy atom. The minimum absolute atomic E-state index is 0.00659. The molecule has 33 heavy (non-hydrogen) atoms. The SMILES string of the molecule is Cc1cc(C)c2nc(C3CC3)n(Cc3ccc(S(=O)(=O)N4CCCC4C(=O)O)cc3Cl)c2n1. The second-order valence-electron chi connectivity index (χ2n) is 8.95. The molecule has 3 heterocycles.